The van der Waals surface area contributed by atoms with E-state index in [9.17, 15) is 0 Å². The van der Waals surface area contributed by atoms with Crippen LogP contribution in [-0.2, 0) is 0 Å². The van der Waals surface area contributed by atoms with Crippen molar-refractivity contribution in [2.75, 3.05) is 0 Å². The summed E-state index contributed by atoms with van der Waals surface area (Å²) in [6, 6.07) is 35.4. The van der Waals surface area contributed by atoms with Crippen LogP contribution in [0.4, 0.5) is 0 Å². The minimum Gasteiger partial charge on any atom is -0.0622 e. The molecule has 0 amide bonds. The highest BCUT2D eigenvalue weighted by Gasteiger charge is 2.17. The number of fused-ring (bicyclic) bond motifs is 1. The van der Waals surface area contributed by atoms with Gasteiger partial charge in [0, 0.05) is 5.92 Å². The fourth-order valence-corrected chi connectivity index (χ4v) is 3.68. The average molecular weight is 336 g/mol. The van der Waals surface area contributed by atoms with E-state index in [2.05, 4.69) is 111 Å². The largest absolute Gasteiger partial charge is 0.0622 e. The van der Waals surface area contributed by atoms with E-state index in [1.165, 1.54) is 33.0 Å². The normalized spacial score (nSPS) is 12.4. The van der Waals surface area contributed by atoms with Crippen LogP contribution in [0.5, 0.6) is 0 Å². The third kappa shape index (κ3) is 3.28. The molecule has 4 aromatic rings. The summed E-state index contributed by atoms with van der Waals surface area (Å²) >= 11 is 0. The van der Waals surface area contributed by atoms with E-state index in [1.54, 1.807) is 0 Å². The second-order valence-corrected chi connectivity index (χ2v) is 7.27. The predicted octanol–water partition coefficient (Wildman–Crippen LogP) is 7.14. The van der Waals surface area contributed by atoms with Crippen LogP contribution in [-0.4, -0.2) is 0 Å². The van der Waals surface area contributed by atoms with Gasteiger partial charge in [0.25, 0.3) is 0 Å². The topological polar surface area (TPSA) is 0 Å². The molecule has 4 aromatic carbocycles. The van der Waals surface area contributed by atoms with Crippen LogP contribution < -0.4 is 0 Å². The molecule has 26 heavy (non-hydrogen) atoms. The van der Waals surface area contributed by atoms with E-state index in [0.29, 0.717) is 5.92 Å². The van der Waals surface area contributed by atoms with Crippen LogP contribution in [0.3, 0.4) is 0 Å². The summed E-state index contributed by atoms with van der Waals surface area (Å²) in [4.78, 5) is 0. The molecule has 0 fully saturated rings. The molecule has 0 aliphatic carbocycles. The highest BCUT2D eigenvalue weighted by atomic mass is 14.2. The van der Waals surface area contributed by atoms with E-state index >= 15 is 0 Å². The summed E-state index contributed by atoms with van der Waals surface area (Å²) < 4.78 is 0. The van der Waals surface area contributed by atoms with Crippen molar-refractivity contribution in [2.24, 2.45) is 0 Å². The lowest BCUT2D eigenvalue weighted by Crippen LogP contribution is -2.04. The van der Waals surface area contributed by atoms with E-state index < -0.39 is 0 Å². The molecular weight excluding hydrogens is 312 g/mol. The zero-order chi connectivity index (χ0) is 17.9. The maximum absolute atomic E-state index is 2.34. The van der Waals surface area contributed by atoms with E-state index in [-0.39, 0.29) is 5.92 Å². The smallest absolute Gasteiger partial charge is 0.0340 e. The first-order chi connectivity index (χ1) is 12.7. The van der Waals surface area contributed by atoms with Gasteiger partial charge in [-0.1, -0.05) is 111 Å². The second kappa shape index (κ2) is 7.17. The predicted molar refractivity (Wildman–Crippen MR) is 112 cm³/mol. The monoisotopic (exact) mass is 336 g/mol. The van der Waals surface area contributed by atoms with Gasteiger partial charge in [0.1, 0.15) is 0 Å². The summed E-state index contributed by atoms with van der Waals surface area (Å²) in [5.41, 5.74) is 5.40. The number of benzene rings is 4. The molecule has 0 heterocycles. The summed E-state index contributed by atoms with van der Waals surface area (Å²) in [6.07, 6.45) is 0. The molecule has 0 spiro atoms. The van der Waals surface area contributed by atoms with Crippen molar-refractivity contribution in [2.45, 2.75) is 25.7 Å². The molecule has 0 N–H and O–H groups in total. The van der Waals surface area contributed by atoms with Crippen molar-refractivity contribution in [3.63, 3.8) is 0 Å². The van der Waals surface area contributed by atoms with E-state index in [4.69, 9.17) is 0 Å². The third-order valence-electron chi connectivity index (χ3n) is 5.18. The van der Waals surface area contributed by atoms with Gasteiger partial charge in [-0.3, -0.25) is 0 Å². The molecule has 4 rings (SSSR count). The zero-order valence-electron chi connectivity index (χ0n) is 15.4. The molecule has 0 heteroatoms. The van der Waals surface area contributed by atoms with Gasteiger partial charge in [0.05, 0.1) is 0 Å². The Morgan fingerprint density at radius 1 is 0.462 bits per heavy atom. The molecule has 0 aromatic heterocycles. The van der Waals surface area contributed by atoms with Crippen molar-refractivity contribution in [1.29, 1.82) is 0 Å². The van der Waals surface area contributed by atoms with Crippen LogP contribution in [0.25, 0.3) is 10.8 Å². The van der Waals surface area contributed by atoms with Gasteiger partial charge in [0.15, 0.2) is 0 Å². The molecule has 0 radical (unpaired) electrons. The summed E-state index contributed by atoms with van der Waals surface area (Å²) in [6.45, 7) is 4.49. The number of hydrogen-bond donors (Lipinski definition) is 0. The molecule has 0 aliphatic rings. The fraction of sp³-hybridized carbons (Fsp3) is 0.154. The lowest BCUT2D eigenvalue weighted by molar-refractivity contribution is 0.862. The van der Waals surface area contributed by atoms with E-state index in [0.717, 1.165) is 0 Å². The van der Waals surface area contributed by atoms with Crippen molar-refractivity contribution in [3.8, 4) is 0 Å². The molecule has 0 saturated carbocycles. The Labute approximate surface area is 156 Å². The molecular formula is C26H24. The van der Waals surface area contributed by atoms with Gasteiger partial charge in [-0.25, -0.2) is 0 Å². The number of rotatable bonds is 4. The van der Waals surface area contributed by atoms with Crippen LogP contribution in [0.15, 0.2) is 97.1 Å². The van der Waals surface area contributed by atoms with E-state index in [1.807, 2.05) is 0 Å². The summed E-state index contributed by atoms with van der Waals surface area (Å²) in [5.74, 6) is 0.807. The first-order valence-corrected chi connectivity index (χ1v) is 9.36. The van der Waals surface area contributed by atoms with Gasteiger partial charge in [-0.2, -0.15) is 0 Å². The van der Waals surface area contributed by atoms with Gasteiger partial charge in [-0.05, 0) is 38.9 Å². The van der Waals surface area contributed by atoms with Gasteiger partial charge >= 0.3 is 0 Å². The second-order valence-electron chi connectivity index (χ2n) is 7.27. The molecule has 1 unspecified atom stereocenters. The SMILES string of the molecule is CC(C)c1ccc(C(c2ccccc2)c2ccc3ccccc3c2)cc1. The standard InChI is InChI=1S/C26H24/c1-19(2)20-12-15-23(16-13-20)26(22-9-4-3-5-10-22)25-17-14-21-8-6-7-11-24(21)18-25/h3-19,26H,1-2H3. The Balaban J connectivity index is 1.84. The van der Waals surface area contributed by atoms with Gasteiger partial charge in [-0.15, -0.1) is 0 Å². The quantitative estimate of drug-likeness (QED) is 0.347. The minimum atomic E-state index is 0.252. The summed E-state index contributed by atoms with van der Waals surface area (Å²) in [7, 11) is 0. The molecule has 0 bridgehead atoms. The first-order valence-electron chi connectivity index (χ1n) is 9.36. The Hall–Kier alpha value is -2.86. The van der Waals surface area contributed by atoms with Crippen molar-refractivity contribution in [3.05, 3.63) is 119 Å². The fourth-order valence-electron chi connectivity index (χ4n) is 3.68. The highest BCUT2D eigenvalue weighted by molar-refractivity contribution is 5.83. The third-order valence-corrected chi connectivity index (χ3v) is 5.18. The Morgan fingerprint density at radius 3 is 1.69 bits per heavy atom. The lowest BCUT2D eigenvalue weighted by Gasteiger charge is -2.20. The molecule has 0 aliphatic heterocycles. The van der Waals surface area contributed by atoms with Gasteiger partial charge < -0.3 is 0 Å². The maximum atomic E-state index is 2.34. The van der Waals surface area contributed by atoms with Crippen molar-refractivity contribution in [1.82, 2.24) is 0 Å². The van der Waals surface area contributed by atoms with Crippen molar-refractivity contribution < 1.29 is 0 Å². The summed E-state index contributed by atoms with van der Waals surface area (Å²) in [5, 5.41) is 2.59. The van der Waals surface area contributed by atoms with Crippen LogP contribution in [0, 0.1) is 0 Å². The minimum absolute atomic E-state index is 0.252. The highest BCUT2D eigenvalue weighted by Crippen LogP contribution is 2.34. The Bertz CT molecular complexity index is 995. The molecule has 0 saturated heterocycles. The average Bonchev–Trinajstić information content (AvgIpc) is 2.69. The van der Waals surface area contributed by atoms with Crippen LogP contribution >= 0.6 is 0 Å². The van der Waals surface area contributed by atoms with Crippen LogP contribution in [0.2, 0.25) is 0 Å². The Morgan fingerprint density at radius 2 is 1.00 bits per heavy atom. The first kappa shape index (κ1) is 16.6. The zero-order valence-corrected chi connectivity index (χ0v) is 15.4. The van der Waals surface area contributed by atoms with Crippen LogP contribution in [0.1, 0.15) is 47.9 Å². The Kier molecular flexibility index (Phi) is 4.58. The maximum Gasteiger partial charge on any atom is 0.0340 e. The number of hydrogen-bond acceptors (Lipinski definition) is 0. The molecule has 1 atom stereocenters. The van der Waals surface area contributed by atoms with Crippen molar-refractivity contribution >= 4 is 10.8 Å². The van der Waals surface area contributed by atoms with Gasteiger partial charge in [0.2, 0.25) is 0 Å². The lowest BCUT2D eigenvalue weighted by atomic mass is 9.83. The molecule has 0 nitrogen and oxygen atoms in total. The molecule has 128 valence electrons.